The van der Waals surface area contributed by atoms with Crippen LogP contribution in [0, 0.1) is 5.82 Å². The van der Waals surface area contributed by atoms with E-state index in [1.165, 1.54) is 60.0 Å². The summed E-state index contributed by atoms with van der Waals surface area (Å²) in [6, 6.07) is 11.8. The van der Waals surface area contributed by atoms with Gasteiger partial charge in [0, 0.05) is 17.5 Å². The van der Waals surface area contributed by atoms with Crippen LogP contribution in [0.1, 0.15) is 30.6 Å². The largest absolute Gasteiger partial charge is 0.426 e. The van der Waals surface area contributed by atoms with Crippen molar-refractivity contribution in [3.63, 3.8) is 0 Å². The second-order valence-corrected chi connectivity index (χ2v) is 10.2. The number of rotatable bonds is 8. The van der Waals surface area contributed by atoms with Gasteiger partial charge in [0.25, 0.3) is 0 Å². The van der Waals surface area contributed by atoms with E-state index < -0.39 is 43.4 Å². The zero-order chi connectivity index (χ0) is 26.1. The lowest BCUT2D eigenvalue weighted by molar-refractivity contribution is -0.133. The summed E-state index contributed by atoms with van der Waals surface area (Å²) in [6.45, 7) is 3.55. The number of sulfonamides is 1. The van der Waals surface area contributed by atoms with Gasteiger partial charge in [-0.3, -0.25) is 4.57 Å². The maximum Gasteiger partial charge on any atom is 0.426 e. The highest BCUT2D eigenvalue weighted by Gasteiger charge is 2.39. The number of aromatic nitrogens is 3. The normalized spacial score (nSPS) is 13.1. The van der Waals surface area contributed by atoms with Crippen molar-refractivity contribution in [3.05, 3.63) is 76.5 Å². The number of nitrogens with one attached hydrogen (secondary N) is 1. The van der Waals surface area contributed by atoms with Crippen molar-refractivity contribution in [1.82, 2.24) is 19.5 Å². The Balaban J connectivity index is 1.66. The molecular formula is C23H20F4N4O3S2. The SMILES string of the molecule is CCn1c(Oc2ccc(F)cc2)nnc1[C@@H](C)NS(=O)(=O)c1csc(C(F)(F)F)c1-c1ccccc1. The minimum Gasteiger partial charge on any atom is -0.424 e. The Labute approximate surface area is 208 Å². The van der Waals surface area contributed by atoms with Gasteiger partial charge in [0.05, 0.1) is 6.04 Å². The molecule has 36 heavy (non-hydrogen) atoms. The fourth-order valence-corrected chi connectivity index (χ4v) is 6.30. The third-order valence-electron chi connectivity index (χ3n) is 5.17. The van der Waals surface area contributed by atoms with Crippen LogP contribution in [0.25, 0.3) is 11.1 Å². The van der Waals surface area contributed by atoms with Gasteiger partial charge in [-0.1, -0.05) is 35.4 Å². The zero-order valence-corrected chi connectivity index (χ0v) is 20.6. The predicted octanol–water partition coefficient (Wildman–Crippen LogP) is 6.02. The highest BCUT2D eigenvalue weighted by atomic mass is 32.2. The number of ether oxygens (including phenoxy) is 1. The Morgan fingerprint density at radius 2 is 1.75 bits per heavy atom. The molecule has 13 heteroatoms. The molecule has 2 heterocycles. The maximum absolute atomic E-state index is 13.7. The summed E-state index contributed by atoms with van der Waals surface area (Å²) in [6.07, 6.45) is -4.73. The van der Waals surface area contributed by atoms with Crippen LogP contribution in [0.15, 0.2) is 64.9 Å². The molecule has 190 valence electrons. The van der Waals surface area contributed by atoms with E-state index in [2.05, 4.69) is 14.9 Å². The quantitative estimate of drug-likeness (QED) is 0.277. The highest BCUT2D eigenvalue weighted by Crippen LogP contribution is 2.45. The molecule has 1 N–H and O–H groups in total. The lowest BCUT2D eigenvalue weighted by atomic mass is 10.1. The average molecular weight is 541 g/mol. The van der Waals surface area contributed by atoms with E-state index >= 15 is 0 Å². The fraction of sp³-hybridized carbons (Fsp3) is 0.217. The van der Waals surface area contributed by atoms with E-state index in [4.69, 9.17) is 4.74 Å². The molecule has 0 aliphatic carbocycles. The molecule has 0 saturated carbocycles. The van der Waals surface area contributed by atoms with Crippen LogP contribution in [-0.2, 0) is 22.7 Å². The standard InChI is InChI=1S/C23H20F4N4O3S2/c1-3-31-21(28-29-22(31)34-17-11-9-16(24)10-12-17)14(2)30-36(32,33)18-13-35-20(23(25,26)27)19(18)15-7-5-4-6-8-15/h4-14,30H,3H2,1-2H3/t14-/m1/s1. The summed E-state index contributed by atoms with van der Waals surface area (Å²) in [7, 11) is -4.41. The van der Waals surface area contributed by atoms with Gasteiger partial charge in [-0.2, -0.15) is 13.2 Å². The van der Waals surface area contributed by atoms with Crippen LogP contribution in [0.2, 0.25) is 0 Å². The molecule has 0 aliphatic heterocycles. The second-order valence-electron chi connectivity index (χ2n) is 7.65. The molecule has 2 aromatic carbocycles. The maximum atomic E-state index is 13.7. The van der Waals surface area contributed by atoms with Gasteiger partial charge in [-0.05, 0) is 43.7 Å². The van der Waals surface area contributed by atoms with E-state index in [0.717, 1.165) is 5.38 Å². The summed E-state index contributed by atoms with van der Waals surface area (Å²) in [4.78, 5) is -1.49. The number of hydrogen-bond acceptors (Lipinski definition) is 6. The molecule has 0 fully saturated rings. The smallest absolute Gasteiger partial charge is 0.424 e. The van der Waals surface area contributed by atoms with E-state index in [9.17, 15) is 26.0 Å². The van der Waals surface area contributed by atoms with Gasteiger partial charge >= 0.3 is 12.2 Å². The number of alkyl halides is 3. The molecule has 0 spiro atoms. The van der Waals surface area contributed by atoms with Crippen LogP contribution in [-0.4, -0.2) is 23.2 Å². The Kier molecular flexibility index (Phi) is 7.16. The van der Waals surface area contributed by atoms with Gasteiger partial charge in [-0.15, -0.1) is 16.4 Å². The minimum atomic E-state index is -4.73. The number of hydrogen-bond donors (Lipinski definition) is 1. The van der Waals surface area contributed by atoms with E-state index in [1.807, 2.05) is 0 Å². The molecule has 0 radical (unpaired) electrons. The Bertz CT molecular complexity index is 1450. The first-order valence-electron chi connectivity index (χ1n) is 10.6. The van der Waals surface area contributed by atoms with Crippen molar-refractivity contribution in [1.29, 1.82) is 0 Å². The summed E-state index contributed by atoms with van der Waals surface area (Å²) < 4.78 is 90.4. The fourth-order valence-electron chi connectivity index (χ4n) is 3.58. The van der Waals surface area contributed by atoms with Crippen molar-refractivity contribution in [3.8, 4) is 22.9 Å². The summed E-state index contributed by atoms with van der Waals surface area (Å²) in [5, 5.41) is 8.94. The van der Waals surface area contributed by atoms with Gasteiger partial charge < -0.3 is 4.74 Å². The molecule has 2 aromatic heterocycles. The molecule has 7 nitrogen and oxygen atoms in total. The van der Waals surface area contributed by atoms with Crippen LogP contribution < -0.4 is 9.46 Å². The first-order chi connectivity index (χ1) is 17.0. The summed E-state index contributed by atoms with van der Waals surface area (Å²) >= 11 is 0.318. The van der Waals surface area contributed by atoms with Gasteiger partial charge in [0.1, 0.15) is 21.3 Å². The Morgan fingerprint density at radius 1 is 1.08 bits per heavy atom. The number of thiophene rings is 1. The lowest BCUT2D eigenvalue weighted by Gasteiger charge is -2.16. The first-order valence-corrected chi connectivity index (χ1v) is 13.0. The summed E-state index contributed by atoms with van der Waals surface area (Å²) in [5.74, 6) is 0.0365. The average Bonchev–Trinajstić information content (AvgIpc) is 3.46. The summed E-state index contributed by atoms with van der Waals surface area (Å²) in [5.41, 5.74) is -0.282. The van der Waals surface area contributed by atoms with Crippen LogP contribution in [0.3, 0.4) is 0 Å². The van der Waals surface area contributed by atoms with Crippen molar-refractivity contribution in [2.45, 2.75) is 37.5 Å². The first kappa shape index (κ1) is 25.8. The third-order valence-corrected chi connectivity index (χ3v) is 7.91. The van der Waals surface area contributed by atoms with Gasteiger partial charge in [-0.25, -0.2) is 17.5 Å². The van der Waals surface area contributed by atoms with Gasteiger partial charge in [0.2, 0.25) is 10.0 Å². The van der Waals surface area contributed by atoms with Crippen LogP contribution >= 0.6 is 11.3 Å². The van der Waals surface area contributed by atoms with Crippen LogP contribution in [0.4, 0.5) is 17.6 Å². The second kappa shape index (κ2) is 9.99. The Morgan fingerprint density at radius 3 is 2.36 bits per heavy atom. The number of nitrogens with zero attached hydrogens (tertiary/aromatic N) is 3. The van der Waals surface area contributed by atoms with E-state index in [-0.39, 0.29) is 17.4 Å². The lowest BCUT2D eigenvalue weighted by Crippen LogP contribution is -2.29. The monoisotopic (exact) mass is 540 g/mol. The molecular weight excluding hydrogens is 520 g/mol. The molecule has 0 unspecified atom stereocenters. The zero-order valence-electron chi connectivity index (χ0n) is 19.0. The molecule has 0 bridgehead atoms. The highest BCUT2D eigenvalue weighted by molar-refractivity contribution is 7.89. The molecule has 0 aliphatic rings. The minimum absolute atomic E-state index is 0.0463. The van der Waals surface area contributed by atoms with Crippen LogP contribution in [0.5, 0.6) is 11.8 Å². The van der Waals surface area contributed by atoms with E-state index in [1.54, 1.807) is 13.0 Å². The van der Waals surface area contributed by atoms with Gasteiger partial charge in [0.15, 0.2) is 5.82 Å². The topological polar surface area (TPSA) is 86.1 Å². The van der Waals surface area contributed by atoms with Crippen molar-refractivity contribution < 1.29 is 30.7 Å². The predicted molar refractivity (Wildman–Crippen MR) is 126 cm³/mol. The van der Waals surface area contributed by atoms with E-state index in [0.29, 0.717) is 23.6 Å². The molecule has 4 rings (SSSR count). The van der Waals surface area contributed by atoms with Crippen molar-refractivity contribution in [2.24, 2.45) is 0 Å². The number of halogens is 4. The Hall–Kier alpha value is -3.29. The molecule has 0 amide bonds. The van der Waals surface area contributed by atoms with Crippen molar-refractivity contribution in [2.75, 3.05) is 0 Å². The third kappa shape index (κ3) is 5.27. The van der Waals surface area contributed by atoms with Crippen molar-refractivity contribution >= 4 is 21.4 Å². The molecule has 0 saturated heterocycles. The number of benzene rings is 2. The molecule has 4 aromatic rings. The molecule has 1 atom stereocenters.